The van der Waals surface area contributed by atoms with Crippen molar-refractivity contribution in [3.63, 3.8) is 0 Å². The lowest BCUT2D eigenvalue weighted by molar-refractivity contribution is -0.192. The molecule has 0 saturated heterocycles. The average Bonchev–Trinajstić information content (AvgIpc) is 3.23. The first kappa shape index (κ1) is 31.9. The fourth-order valence-corrected chi connectivity index (χ4v) is 4.07. The summed E-state index contributed by atoms with van der Waals surface area (Å²) < 4.78 is 61.4. The Morgan fingerprint density at radius 3 is 2.41 bits per heavy atom. The smallest absolute Gasteiger partial charge is 0.482 e. The predicted molar refractivity (Wildman–Crippen MR) is 138 cm³/mol. The number of aromatic nitrogens is 1. The predicted octanol–water partition coefficient (Wildman–Crippen LogP) is 3.16. The fourth-order valence-electron chi connectivity index (χ4n) is 3.40. The Bertz CT molecular complexity index is 1400. The topological polar surface area (TPSA) is 158 Å². The summed E-state index contributed by atoms with van der Waals surface area (Å²) in [5.41, 5.74) is 2.52. The van der Waals surface area contributed by atoms with Crippen molar-refractivity contribution in [1.29, 1.82) is 0 Å². The Labute approximate surface area is 227 Å². The molecule has 0 fully saturated rings. The molecule has 1 aromatic heterocycles. The number of aliphatic hydroxyl groups is 1. The lowest BCUT2D eigenvalue weighted by atomic mass is 10.0. The molecule has 10 nitrogen and oxygen atoms in total. The summed E-state index contributed by atoms with van der Waals surface area (Å²) in [6.07, 6.45) is -2.27. The molecule has 0 aliphatic heterocycles. The van der Waals surface area contributed by atoms with Gasteiger partial charge in [0.2, 0.25) is 10.0 Å². The molecule has 0 saturated carbocycles. The second-order valence-electron chi connectivity index (χ2n) is 8.47. The van der Waals surface area contributed by atoms with Crippen LogP contribution in [0.1, 0.15) is 24.2 Å². The molecule has 2 atom stereocenters. The minimum atomic E-state index is -5.08. The van der Waals surface area contributed by atoms with Gasteiger partial charge in [0.25, 0.3) is 5.91 Å². The minimum Gasteiger partial charge on any atom is -0.482 e. The summed E-state index contributed by atoms with van der Waals surface area (Å²) in [6.45, 7) is 1.99. The van der Waals surface area contributed by atoms with Crippen molar-refractivity contribution in [1.82, 2.24) is 15.0 Å². The van der Waals surface area contributed by atoms with Gasteiger partial charge in [0, 0.05) is 29.2 Å². The van der Waals surface area contributed by atoms with E-state index in [1.54, 1.807) is 24.3 Å². The van der Waals surface area contributed by atoms with Gasteiger partial charge in [-0.3, -0.25) is 9.52 Å². The molecule has 3 rings (SSSR count). The van der Waals surface area contributed by atoms with Crippen LogP contribution in [-0.4, -0.2) is 67.1 Å². The molecule has 2 aromatic carbocycles. The van der Waals surface area contributed by atoms with Crippen LogP contribution < -0.4 is 14.8 Å². The number of halogens is 4. The number of aliphatic carboxylic acids is 1. The van der Waals surface area contributed by atoms with Crippen LogP contribution in [0.15, 0.2) is 48.7 Å². The maximum Gasteiger partial charge on any atom is 0.490 e. The zero-order valence-electron chi connectivity index (χ0n) is 20.8. The van der Waals surface area contributed by atoms with Crippen LogP contribution in [0, 0.1) is 0 Å². The number of carboxylic acid groups (broad SMARTS) is 1. The first-order valence-electron chi connectivity index (χ1n) is 11.3. The number of carbonyl (C=O) groups excluding carboxylic acids is 1. The van der Waals surface area contributed by atoms with Crippen LogP contribution in [0.25, 0.3) is 10.9 Å². The zero-order valence-corrected chi connectivity index (χ0v) is 22.3. The highest BCUT2D eigenvalue weighted by molar-refractivity contribution is 7.89. The minimum absolute atomic E-state index is 0.0768. The molecule has 0 aliphatic rings. The van der Waals surface area contributed by atoms with Crippen LogP contribution in [0.3, 0.4) is 0 Å². The lowest BCUT2D eigenvalue weighted by Crippen LogP contribution is -2.33. The van der Waals surface area contributed by atoms with Gasteiger partial charge in [0.05, 0.1) is 17.9 Å². The lowest BCUT2D eigenvalue weighted by Gasteiger charge is -2.17. The number of amides is 1. The molecule has 3 aromatic rings. The Morgan fingerprint density at radius 1 is 1.18 bits per heavy atom. The van der Waals surface area contributed by atoms with Crippen molar-refractivity contribution in [2.45, 2.75) is 31.7 Å². The number of fused-ring (bicyclic) bond motifs is 1. The van der Waals surface area contributed by atoms with E-state index in [-0.39, 0.29) is 6.04 Å². The molecule has 0 spiro atoms. The molecule has 0 unspecified atom stereocenters. The van der Waals surface area contributed by atoms with Crippen molar-refractivity contribution in [2.24, 2.45) is 0 Å². The number of ether oxygens (including phenoxy) is 1. The first-order chi connectivity index (χ1) is 18.1. The second-order valence-corrected chi connectivity index (χ2v) is 10.7. The normalized spacial score (nSPS) is 13.2. The number of nitrogens with one attached hydrogen (secondary N) is 3. The number of para-hydroxylation sites is 1. The van der Waals surface area contributed by atoms with Crippen LogP contribution in [0.2, 0.25) is 5.02 Å². The van der Waals surface area contributed by atoms with Crippen molar-refractivity contribution in [3.8, 4) is 5.75 Å². The SMILES string of the molecule is C[C@H](Cc1c[nH]c2c(OCC(=O)NS(C)(=O)=O)cccc12)NC[C@H](O)c1cccc(Cl)c1.O=C(O)C(F)(F)F. The summed E-state index contributed by atoms with van der Waals surface area (Å²) in [5.74, 6) is -3.05. The van der Waals surface area contributed by atoms with E-state index in [0.29, 0.717) is 23.7 Å². The summed E-state index contributed by atoms with van der Waals surface area (Å²) in [4.78, 5) is 23.8. The number of H-pyrrole nitrogens is 1. The fraction of sp³-hybridized carbons (Fsp3) is 0.333. The number of hydrogen-bond donors (Lipinski definition) is 5. The molecule has 214 valence electrons. The highest BCUT2D eigenvalue weighted by Crippen LogP contribution is 2.28. The molecule has 1 amide bonds. The molecule has 0 bridgehead atoms. The molecule has 1 heterocycles. The maximum absolute atomic E-state index is 11.7. The monoisotopic (exact) mass is 593 g/mol. The number of hydrogen-bond acceptors (Lipinski definition) is 7. The highest BCUT2D eigenvalue weighted by Gasteiger charge is 2.38. The molecule has 5 N–H and O–H groups in total. The van der Waals surface area contributed by atoms with Crippen molar-refractivity contribution in [2.75, 3.05) is 19.4 Å². The Kier molecular flexibility index (Phi) is 11.2. The third kappa shape index (κ3) is 10.8. The number of benzene rings is 2. The van der Waals surface area contributed by atoms with Gasteiger partial charge in [-0.15, -0.1) is 0 Å². The quantitative estimate of drug-likeness (QED) is 0.240. The number of aromatic amines is 1. The van der Waals surface area contributed by atoms with Gasteiger partial charge in [-0.2, -0.15) is 13.2 Å². The van der Waals surface area contributed by atoms with Gasteiger partial charge >= 0.3 is 12.1 Å². The molecule has 0 radical (unpaired) electrons. The number of alkyl halides is 3. The van der Waals surface area contributed by atoms with Gasteiger partial charge in [-0.1, -0.05) is 35.9 Å². The van der Waals surface area contributed by atoms with Crippen molar-refractivity contribution < 1.29 is 46.1 Å². The van der Waals surface area contributed by atoms with Gasteiger partial charge < -0.3 is 25.3 Å². The molecule has 39 heavy (non-hydrogen) atoms. The van der Waals surface area contributed by atoms with Crippen LogP contribution in [0.5, 0.6) is 5.75 Å². The van der Waals surface area contributed by atoms with E-state index in [9.17, 15) is 31.5 Å². The van der Waals surface area contributed by atoms with Gasteiger partial charge in [0.1, 0.15) is 5.75 Å². The molecular formula is C24H27ClF3N3O7S. The Balaban J connectivity index is 0.000000673. The van der Waals surface area contributed by atoms with E-state index < -0.39 is 40.8 Å². The zero-order chi connectivity index (χ0) is 29.4. The van der Waals surface area contributed by atoms with E-state index in [0.717, 1.165) is 28.3 Å². The Hall–Kier alpha value is -3.33. The van der Waals surface area contributed by atoms with E-state index in [1.807, 2.05) is 36.0 Å². The number of sulfonamides is 1. The van der Waals surface area contributed by atoms with E-state index in [1.165, 1.54) is 0 Å². The van der Waals surface area contributed by atoms with Gasteiger partial charge in [-0.05, 0) is 42.7 Å². The van der Waals surface area contributed by atoms with E-state index in [2.05, 4.69) is 10.3 Å². The molecule has 0 aliphatic carbocycles. The van der Waals surface area contributed by atoms with Gasteiger partial charge in [0.15, 0.2) is 6.61 Å². The average molecular weight is 594 g/mol. The number of carboxylic acids is 1. The number of rotatable bonds is 10. The van der Waals surface area contributed by atoms with Gasteiger partial charge in [-0.25, -0.2) is 13.2 Å². The number of aliphatic hydroxyl groups excluding tert-OH is 1. The summed E-state index contributed by atoms with van der Waals surface area (Å²) in [7, 11) is -3.63. The van der Waals surface area contributed by atoms with Crippen molar-refractivity contribution in [3.05, 3.63) is 64.8 Å². The van der Waals surface area contributed by atoms with Crippen LogP contribution in [-0.2, 0) is 26.0 Å². The highest BCUT2D eigenvalue weighted by atomic mass is 35.5. The Morgan fingerprint density at radius 2 is 1.82 bits per heavy atom. The van der Waals surface area contributed by atoms with Crippen LogP contribution >= 0.6 is 11.6 Å². The second kappa shape index (κ2) is 13.6. The summed E-state index contributed by atoms with van der Waals surface area (Å²) in [5, 5.41) is 22.4. The standard InChI is InChI=1S/C22H26ClN3O5S.C2HF3O2/c1-14(24-12-19(27)15-5-3-6-17(23)10-15)9-16-11-25-22-18(16)7-4-8-20(22)31-13-21(28)26-32(2,29)30;3-2(4,5)1(6)7/h3-8,10-11,14,19,24-25,27H,9,12-13H2,1-2H3,(H,26,28);(H,6,7)/t14-,19+;/m1./s1. The largest absolute Gasteiger partial charge is 0.490 e. The molecular weight excluding hydrogens is 567 g/mol. The summed E-state index contributed by atoms with van der Waals surface area (Å²) >= 11 is 5.99. The third-order valence-corrected chi connectivity index (χ3v) is 5.92. The van der Waals surface area contributed by atoms with E-state index in [4.69, 9.17) is 26.2 Å². The first-order valence-corrected chi connectivity index (χ1v) is 13.5. The van der Waals surface area contributed by atoms with Crippen LogP contribution in [0.4, 0.5) is 13.2 Å². The third-order valence-electron chi connectivity index (χ3n) is 5.08. The maximum atomic E-state index is 11.7. The van der Waals surface area contributed by atoms with Crippen molar-refractivity contribution >= 4 is 44.4 Å². The molecule has 15 heteroatoms. The summed E-state index contributed by atoms with van der Waals surface area (Å²) in [6, 6.07) is 12.7. The number of carbonyl (C=O) groups is 2. The van der Waals surface area contributed by atoms with E-state index >= 15 is 0 Å².